The van der Waals surface area contributed by atoms with E-state index in [9.17, 15) is 24.5 Å². The topological polar surface area (TPSA) is 168 Å². The van der Waals surface area contributed by atoms with Crippen LogP contribution in [0.2, 0.25) is 0 Å². The molecule has 1 atom stereocenters. The van der Waals surface area contributed by atoms with Crippen molar-refractivity contribution in [3.63, 3.8) is 0 Å². The van der Waals surface area contributed by atoms with E-state index in [0.717, 1.165) is 29.7 Å². The maximum atomic E-state index is 13.4. The van der Waals surface area contributed by atoms with Gasteiger partial charge in [0.1, 0.15) is 10.8 Å². The Morgan fingerprint density at radius 1 is 1.07 bits per heavy atom. The molecule has 4 aromatic rings. The van der Waals surface area contributed by atoms with Crippen LogP contribution >= 0.6 is 23.1 Å². The van der Waals surface area contributed by atoms with Gasteiger partial charge in [0.15, 0.2) is 11.0 Å². The van der Waals surface area contributed by atoms with E-state index in [-0.39, 0.29) is 30.3 Å². The SMILES string of the molecule is CCOC(=O)c1c(NC(=O)C(C)Sc2nnc(CNC(=O)c3ccc([N+](=O)[O-])cc3)n2-c2ccc(OCC)cc2)sc2c1CCC2. The summed E-state index contributed by atoms with van der Waals surface area (Å²) in [7, 11) is 0. The maximum absolute atomic E-state index is 13.4. The number of carbonyl (C=O) groups excluding carboxylic acids is 3. The smallest absolute Gasteiger partial charge is 0.341 e. The fourth-order valence-corrected chi connectivity index (χ4v) is 7.11. The first kappa shape index (κ1) is 32.6. The Hall–Kier alpha value is -4.76. The van der Waals surface area contributed by atoms with Gasteiger partial charge in [-0.2, -0.15) is 0 Å². The van der Waals surface area contributed by atoms with Crippen LogP contribution in [0.25, 0.3) is 5.69 Å². The molecule has 46 heavy (non-hydrogen) atoms. The maximum Gasteiger partial charge on any atom is 0.341 e. The van der Waals surface area contributed by atoms with Gasteiger partial charge in [0.25, 0.3) is 11.6 Å². The van der Waals surface area contributed by atoms with Gasteiger partial charge < -0.3 is 20.1 Å². The zero-order chi connectivity index (χ0) is 32.8. The highest BCUT2D eigenvalue weighted by Crippen LogP contribution is 2.40. The van der Waals surface area contributed by atoms with Crippen molar-refractivity contribution in [2.24, 2.45) is 0 Å². The summed E-state index contributed by atoms with van der Waals surface area (Å²) in [4.78, 5) is 50.6. The van der Waals surface area contributed by atoms with Gasteiger partial charge in [-0.15, -0.1) is 21.5 Å². The third-order valence-electron chi connectivity index (χ3n) is 7.14. The van der Waals surface area contributed by atoms with Gasteiger partial charge in [-0.1, -0.05) is 11.8 Å². The highest BCUT2D eigenvalue weighted by molar-refractivity contribution is 8.00. The molecular weight excluding hydrogens is 633 g/mol. The Balaban J connectivity index is 1.36. The highest BCUT2D eigenvalue weighted by Gasteiger charge is 2.30. The fraction of sp³-hybridized carbons (Fsp3) is 0.323. The minimum atomic E-state index is -0.639. The van der Waals surface area contributed by atoms with Crippen molar-refractivity contribution >= 4 is 51.6 Å². The van der Waals surface area contributed by atoms with Crippen LogP contribution in [-0.2, 0) is 28.9 Å². The van der Waals surface area contributed by atoms with Crippen LogP contribution in [0.3, 0.4) is 0 Å². The van der Waals surface area contributed by atoms with E-state index in [1.807, 2.05) is 19.1 Å². The lowest BCUT2D eigenvalue weighted by atomic mass is 10.1. The second kappa shape index (κ2) is 14.6. The number of hydrogen-bond donors (Lipinski definition) is 2. The quantitative estimate of drug-likeness (QED) is 0.0823. The lowest BCUT2D eigenvalue weighted by Gasteiger charge is -2.15. The zero-order valence-electron chi connectivity index (χ0n) is 25.4. The molecule has 0 spiro atoms. The summed E-state index contributed by atoms with van der Waals surface area (Å²) in [5.41, 5.74) is 2.21. The molecule has 2 amide bonds. The van der Waals surface area contributed by atoms with E-state index in [0.29, 0.717) is 39.6 Å². The summed E-state index contributed by atoms with van der Waals surface area (Å²) in [6.45, 7) is 6.10. The lowest BCUT2D eigenvalue weighted by molar-refractivity contribution is -0.384. The molecule has 2 N–H and O–H groups in total. The van der Waals surface area contributed by atoms with Crippen molar-refractivity contribution in [3.05, 3.63) is 86.0 Å². The monoisotopic (exact) mass is 664 g/mol. The van der Waals surface area contributed by atoms with Crippen LogP contribution in [0.15, 0.2) is 53.7 Å². The molecule has 0 fully saturated rings. The van der Waals surface area contributed by atoms with Crippen LogP contribution in [0.5, 0.6) is 5.75 Å². The molecule has 0 saturated carbocycles. The molecule has 0 saturated heterocycles. The number of fused-ring (bicyclic) bond motifs is 1. The number of hydrogen-bond acceptors (Lipinski definition) is 11. The number of nitrogens with one attached hydrogen (secondary N) is 2. The van der Waals surface area contributed by atoms with E-state index in [4.69, 9.17) is 9.47 Å². The molecule has 0 radical (unpaired) electrons. The van der Waals surface area contributed by atoms with Crippen molar-refractivity contribution in [2.75, 3.05) is 18.5 Å². The molecule has 0 bridgehead atoms. The molecule has 1 aliphatic carbocycles. The van der Waals surface area contributed by atoms with Gasteiger partial charge in [-0.3, -0.25) is 24.3 Å². The summed E-state index contributed by atoms with van der Waals surface area (Å²) in [6.07, 6.45) is 2.60. The largest absolute Gasteiger partial charge is 0.494 e. The number of rotatable bonds is 13. The Labute approximate surface area is 272 Å². The third-order valence-corrected chi connectivity index (χ3v) is 9.39. The van der Waals surface area contributed by atoms with Crippen molar-refractivity contribution in [1.29, 1.82) is 0 Å². The number of nitrogens with zero attached hydrogens (tertiary/aromatic N) is 4. The van der Waals surface area contributed by atoms with E-state index in [1.54, 1.807) is 30.5 Å². The Morgan fingerprint density at radius 3 is 2.48 bits per heavy atom. The van der Waals surface area contributed by atoms with E-state index >= 15 is 0 Å². The van der Waals surface area contributed by atoms with Gasteiger partial charge in [-0.25, -0.2) is 4.79 Å². The predicted molar refractivity (Wildman–Crippen MR) is 173 cm³/mol. The molecule has 15 heteroatoms. The number of anilines is 1. The Morgan fingerprint density at radius 2 is 1.80 bits per heavy atom. The summed E-state index contributed by atoms with van der Waals surface area (Å²) in [6, 6.07) is 12.5. The van der Waals surface area contributed by atoms with Crippen LogP contribution in [0.1, 0.15) is 64.2 Å². The number of benzene rings is 2. The third kappa shape index (κ3) is 7.21. The van der Waals surface area contributed by atoms with Crippen molar-refractivity contribution in [3.8, 4) is 11.4 Å². The van der Waals surface area contributed by atoms with E-state index in [2.05, 4.69) is 20.8 Å². The van der Waals surface area contributed by atoms with Crippen LogP contribution < -0.4 is 15.4 Å². The van der Waals surface area contributed by atoms with Gasteiger partial charge in [0.2, 0.25) is 5.91 Å². The molecule has 2 aromatic heterocycles. The van der Waals surface area contributed by atoms with Gasteiger partial charge in [0.05, 0.1) is 35.5 Å². The number of carbonyl (C=O) groups is 3. The first-order valence-electron chi connectivity index (χ1n) is 14.7. The van der Waals surface area contributed by atoms with Crippen LogP contribution in [0, 0.1) is 10.1 Å². The number of amides is 2. The Bertz CT molecular complexity index is 1750. The second-order valence-electron chi connectivity index (χ2n) is 10.2. The zero-order valence-corrected chi connectivity index (χ0v) is 27.0. The second-order valence-corrected chi connectivity index (χ2v) is 12.6. The van der Waals surface area contributed by atoms with Crippen LogP contribution in [-0.4, -0.2) is 55.9 Å². The Kier molecular flexibility index (Phi) is 10.3. The number of nitro benzene ring substituents is 1. The normalized spacial score (nSPS) is 12.7. The highest BCUT2D eigenvalue weighted by atomic mass is 32.2. The number of nitro groups is 1. The minimum Gasteiger partial charge on any atom is -0.494 e. The van der Waals surface area contributed by atoms with Gasteiger partial charge in [0, 0.05) is 28.3 Å². The fourth-order valence-electron chi connectivity index (χ4n) is 4.94. The summed E-state index contributed by atoms with van der Waals surface area (Å²) >= 11 is 2.59. The van der Waals surface area contributed by atoms with E-state index < -0.39 is 22.0 Å². The molecular formula is C31H32N6O7S2. The molecule has 5 rings (SSSR count). The number of thioether (sulfide) groups is 1. The number of ether oxygens (including phenoxy) is 2. The molecule has 2 heterocycles. The first-order valence-corrected chi connectivity index (χ1v) is 16.4. The number of esters is 1. The molecule has 1 unspecified atom stereocenters. The summed E-state index contributed by atoms with van der Waals surface area (Å²) < 4.78 is 12.6. The minimum absolute atomic E-state index is 0.0131. The van der Waals surface area contributed by atoms with Crippen LogP contribution in [0.4, 0.5) is 10.7 Å². The average molecular weight is 665 g/mol. The van der Waals surface area contributed by atoms with Crippen molar-refractivity contribution in [1.82, 2.24) is 20.1 Å². The standard InChI is InChI=1S/C31H32N6O7S2/c1-4-43-22-15-13-20(14-16-22)36-25(17-32-28(39)19-9-11-21(12-10-19)37(41)42)34-35-31(36)45-18(3)27(38)33-29-26(30(40)44-5-2)23-7-6-8-24(23)46-29/h9-16,18H,4-8,17H2,1-3H3,(H,32,39)(H,33,38). The van der Waals surface area contributed by atoms with Crippen molar-refractivity contribution in [2.45, 2.75) is 57.0 Å². The molecule has 13 nitrogen and oxygen atoms in total. The molecule has 240 valence electrons. The number of non-ortho nitro benzene ring substituents is 1. The number of aryl methyl sites for hydroxylation is 1. The van der Waals surface area contributed by atoms with Gasteiger partial charge in [-0.05, 0) is 82.0 Å². The summed E-state index contributed by atoms with van der Waals surface area (Å²) in [5, 5.41) is 25.6. The van der Waals surface area contributed by atoms with Crippen molar-refractivity contribution < 1.29 is 28.8 Å². The lowest BCUT2D eigenvalue weighted by Crippen LogP contribution is -2.25. The average Bonchev–Trinajstić information content (AvgIpc) is 3.75. The molecule has 2 aromatic carbocycles. The predicted octanol–water partition coefficient (Wildman–Crippen LogP) is 5.35. The molecule has 0 aliphatic heterocycles. The number of aromatic nitrogens is 3. The number of thiophene rings is 1. The summed E-state index contributed by atoms with van der Waals surface area (Å²) in [5.74, 6) is -0.125. The van der Waals surface area contributed by atoms with E-state index in [1.165, 1.54) is 47.4 Å². The molecule has 1 aliphatic rings. The first-order chi connectivity index (χ1) is 22.2. The van der Waals surface area contributed by atoms with Gasteiger partial charge >= 0.3 is 5.97 Å².